The van der Waals surface area contributed by atoms with E-state index in [1.807, 2.05) is 6.92 Å². The summed E-state index contributed by atoms with van der Waals surface area (Å²) < 4.78 is 11.0. The highest BCUT2D eigenvalue weighted by Gasteiger charge is 2.64. The van der Waals surface area contributed by atoms with Crippen LogP contribution in [0.2, 0.25) is 0 Å². The van der Waals surface area contributed by atoms with E-state index < -0.39 is 11.5 Å². The predicted octanol–water partition coefficient (Wildman–Crippen LogP) is 3.88. The highest BCUT2D eigenvalue weighted by Crippen LogP contribution is 2.64. The molecule has 0 unspecified atom stereocenters. The average molecular weight is 405 g/mol. The first-order valence-electron chi connectivity index (χ1n) is 10.9. The lowest BCUT2D eigenvalue weighted by atomic mass is 9.48. The summed E-state index contributed by atoms with van der Waals surface area (Å²) in [6.45, 7) is 6.87. The van der Waals surface area contributed by atoms with Gasteiger partial charge in [-0.2, -0.15) is 0 Å². The van der Waals surface area contributed by atoms with Gasteiger partial charge in [-0.05, 0) is 80.6 Å². The molecule has 4 rings (SSSR count). The van der Waals surface area contributed by atoms with Gasteiger partial charge in [-0.25, -0.2) is 0 Å². The molecular formula is C23H32O6. The Morgan fingerprint density at radius 3 is 2.34 bits per heavy atom. The lowest BCUT2D eigenvalue weighted by molar-refractivity contribution is -0.159. The van der Waals surface area contributed by atoms with Crippen molar-refractivity contribution in [3.63, 3.8) is 0 Å². The minimum absolute atomic E-state index is 0.0748. The fourth-order valence-corrected chi connectivity index (χ4v) is 7.15. The standard InChI is InChI=1S/C23H32O6/c1-12(24)28-15-9-10-22(3)14(11-15)5-6-16-17-7-8-18(29-13(2)25)23(17,4)21(27)20(26)19(16)22/h14-18,26H,5-11H2,1-4H3/t14-,15-,16+,17+,18+,22+,23+/m1/s1. The third kappa shape index (κ3) is 2.93. The second-order valence-corrected chi connectivity index (χ2v) is 9.96. The first-order valence-corrected chi connectivity index (χ1v) is 10.9. The van der Waals surface area contributed by atoms with Crippen molar-refractivity contribution in [3.8, 4) is 0 Å². The molecule has 4 aliphatic carbocycles. The van der Waals surface area contributed by atoms with E-state index in [2.05, 4.69) is 6.92 Å². The Kier molecular flexibility index (Phi) is 4.82. The minimum Gasteiger partial charge on any atom is -0.504 e. The third-order valence-corrected chi connectivity index (χ3v) is 8.51. The second-order valence-electron chi connectivity index (χ2n) is 9.96. The summed E-state index contributed by atoms with van der Waals surface area (Å²) in [6.07, 6.45) is 5.20. The molecule has 1 N–H and O–H groups in total. The van der Waals surface area contributed by atoms with E-state index in [-0.39, 0.29) is 52.8 Å². The van der Waals surface area contributed by atoms with Gasteiger partial charge in [0, 0.05) is 13.8 Å². The molecular weight excluding hydrogens is 372 g/mol. The van der Waals surface area contributed by atoms with Crippen LogP contribution in [-0.4, -0.2) is 35.0 Å². The quantitative estimate of drug-likeness (QED) is 0.703. The molecule has 29 heavy (non-hydrogen) atoms. The number of aliphatic hydroxyl groups excluding tert-OH is 1. The van der Waals surface area contributed by atoms with Gasteiger partial charge in [0.25, 0.3) is 0 Å². The Morgan fingerprint density at radius 1 is 1.00 bits per heavy atom. The van der Waals surface area contributed by atoms with Gasteiger partial charge in [0.15, 0.2) is 5.76 Å². The number of carbonyl (C=O) groups excluding carboxylic acids is 3. The van der Waals surface area contributed by atoms with E-state index in [0.717, 1.165) is 44.1 Å². The Morgan fingerprint density at radius 2 is 1.69 bits per heavy atom. The Labute approximate surface area is 172 Å². The molecule has 3 saturated carbocycles. The van der Waals surface area contributed by atoms with Crippen LogP contribution < -0.4 is 0 Å². The van der Waals surface area contributed by atoms with E-state index in [0.29, 0.717) is 6.42 Å². The molecule has 6 heteroatoms. The summed E-state index contributed by atoms with van der Waals surface area (Å²) in [5.41, 5.74) is -0.173. The van der Waals surface area contributed by atoms with E-state index >= 15 is 0 Å². The first kappa shape index (κ1) is 20.4. The molecule has 0 heterocycles. The van der Waals surface area contributed by atoms with Crippen molar-refractivity contribution >= 4 is 17.7 Å². The van der Waals surface area contributed by atoms with Gasteiger partial charge in [-0.1, -0.05) is 6.92 Å². The van der Waals surface area contributed by atoms with Crippen LogP contribution in [0.3, 0.4) is 0 Å². The van der Waals surface area contributed by atoms with Crippen LogP contribution in [-0.2, 0) is 23.9 Å². The average Bonchev–Trinajstić information content (AvgIpc) is 2.96. The van der Waals surface area contributed by atoms with Crippen LogP contribution in [0.4, 0.5) is 0 Å². The van der Waals surface area contributed by atoms with Crippen molar-refractivity contribution in [2.24, 2.45) is 28.6 Å². The molecule has 0 aromatic carbocycles. The number of esters is 2. The zero-order chi connectivity index (χ0) is 21.1. The van der Waals surface area contributed by atoms with E-state index in [4.69, 9.17) is 9.47 Å². The summed E-state index contributed by atoms with van der Waals surface area (Å²) in [5.74, 6) is -0.456. The van der Waals surface area contributed by atoms with E-state index in [1.54, 1.807) is 0 Å². The zero-order valence-electron chi connectivity index (χ0n) is 17.8. The zero-order valence-corrected chi connectivity index (χ0v) is 17.8. The maximum absolute atomic E-state index is 13.4. The molecule has 0 saturated heterocycles. The summed E-state index contributed by atoms with van der Waals surface area (Å²) in [7, 11) is 0. The SMILES string of the molecule is CC(=O)O[C@@H]1CC[C@]2(C)C3=C(O)C(=O)[C@]4(C)[C@@H](OC(C)=O)CC[C@H]4[C@@H]3CC[C@@H]2C1. The summed E-state index contributed by atoms with van der Waals surface area (Å²) in [4.78, 5) is 36.4. The van der Waals surface area contributed by atoms with Gasteiger partial charge in [0.1, 0.15) is 12.2 Å². The number of aliphatic hydroxyl groups is 1. The number of rotatable bonds is 2. The summed E-state index contributed by atoms with van der Waals surface area (Å²) in [6, 6.07) is 0. The molecule has 0 amide bonds. The lowest BCUT2D eigenvalue weighted by Gasteiger charge is -2.56. The van der Waals surface area contributed by atoms with Crippen LogP contribution in [0.1, 0.15) is 72.6 Å². The number of hydrogen-bond acceptors (Lipinski definition) is 6. The molecule has 0 aliphatic heterocycles. The van der Waals surface area contributed by atoms with Gasteiger partial charge < -0.3 is 14.6 Å². The van der Waals surface area contributed by atoms with Crippen LogP contribution >= 0.6 is 0 Å². The topological polar surface area (TPSA) is 89.9 Å². The van der Waals surface area contributed by atoms with E-state index in [1.165, 1.54) is 13.8 Å². The van der Waals surface area contributed by atoms with Crippen LogP contribution in [0, 0.1) is 28.6 Å². The predicted molar refractivity (Wildman–Crippen MR) is 105 cm³/mol. The maximum atomic E-state index is 13.4. The molecule has 7 atom stereocenters. The molecule has 0 aromatic heterocycles. The Bertz CT molecular complexity index is 784. The fourth-order valence-electron chi connectivity index (χ4n) is 7.15. The molecule has 0 spiro atoms. The number of ether oxygens (including phenoxy) is 2. The van der Waals surface area contributed by atoms with E-state index in [9.17, 15) is 19.5 Å². The third-order valence-electron chi connectivity index (χ3n) is 8.51. The molecule has 160 valence electrons. The van der Waals surface area contributed by atoms with Crippen molar-refractivity contribution in [3.05, 3.63) is 11.3 Å². The number of allylic oxidation sites excluding steroid dienone is 2. The molecule has 0 radical (unpaired) electrons. The first-order chi connectivity index (χ1) is 13.6. The number of fused-ring (bicyclic) bond motifs is 5. The van der Waals surface area contributed by atoms with Gasteiger partial charge >= 0.3 is 11.9 Å². The number of ketones is 1. The van der Waals surface area contributed by atoms with Crippen LogP contribution in [0.15, 0.2) is 11.3 Å². The maximum Gasteiger partial charge on any atom is 0.302 e. The largest absolute Gasteiger partial charge is 0.504 e. The highest BCUT2D eigenvalue weighted by molar-refractivity contribution is 6.00. The number of hydrogen-bond donors (Lipinski definition) is 1. The lowest BCUT2D eigenvalue weighted by Crippen LogP contribution is -2.54. The van der Waals surface area contributed by atoms with Gasteiger partial charge in [0.05, 0.1) is 5.41 Å². The molecule has 3 fully saturated rings. The van der Waals surface area contributed by atoms with Crippen molar-refractivity contribution < 1.29 is 29.0 Å². The van der Waals surface area contributed by atoms with Crippen LogP contribution in [0.25, 0.3) is 0 Å². The second kappa shape index (κ2) is 6.85. The van der Waals surface area contributed by atoms with Crippen LogP contribution in [0.5, 0.6) is 0 Å². The normalized spacial score (nSPS) is 43.9. The van der Waals surface area contributed by atoms with Crippen molar-refractivity contribution in [2.45, 2.75) is 84.8 Å². The smallest absolute Gasteiger partial charge is 0.302 e. The van der Waals surface area contributed by atoms with Crippen molar-refractivity contribution in [2.75, 3.05) is 0 Å². The van der Waals surface area contributed by atoms with Gasteiger partial charge in [-0.15, -0.1) is 0 Å². The Balaban J connectivity index is 1.69. The minimum atomic E-state index is -0.845. The fraction of sp³-hybridized carbons (Fsp3) is 0.783. The Hall–Kier alpha value is -1.85. The van der Waals surface area contributed by atoms with Crippen molar-refractivity contribution in [1.82, 2.24) is 0 Å². The number of Topliss-reactive ketones (excluding diaryl/α,β-unsaturated/α-hetero) is 1. The number of carbonyl (C=O) groups is 3. The molecule has 4 aliphatic rings. The molecule has 6 nitrogen and oxygen atoms in total. The summed E-state index contributed by atoms with van der Waals surface area (Å²) in [5, 5.41) is 11.2. The monoisotopic (exact) mass is 404 g/mol. The molecule has 0 bridgehead atoms. The van der Waals surface area contributed by atoms with Gasteiger partial charge in [0.2, 0.25) is 5.78 Å². The summed E-state index contributed by atoms with van der Waals surface area (Å²) >= 11 is 0. The molecule has 0 aromatic rings. The van der Waals surface area contributed by atoms with Gasteiger partial charge in [-0.3, -0.25) is 14.4 Å². The highest BCUT2D eigenvalue weighted by atomic mass is 16.5. The van der Waals surface area contributed by atoms with Crippen molar-refractivity contribution in [1.29, 1.82) is 0 Å².